The molecular weight excluding hydrogens is 332 g/mol. The predicted octanol–water partition coefficient (Wildman–Crippen LogP) is 2.28. The van der Waals surface area contributed by atoms with Gasteiger partial charge in [-0.05, 0) is 17.9 Å². The Morgan fingerprint density at radius 3 is 2.96 bits per heavy atom. The van der Waals surface area contributed by atoms with E-state index in [0.29, 0.717) is 31.5 Å². The van der Waals surface area contributed by atoms with Crippen molar-refractivity contribution in [3.8, 4) is 0 Å². The molecule has 0 aromatic carbocycles. The summed E-state index contributed by atoms with van der Waals surface area (Å²) in [4.78, 5) is 28.8. The zero-order valence-electron chi connectivity index (χ0n) is 12.3. The lowest BCUT2D eigenvalue weighted by Crippen LogP contribution is -2.27. The smallest absolute Gasteiger partial charge is 0.252 e. The molecule has 0 bridgehead atoms. The second kappa shape index (κ2) is 7.38. The van der Waals surface area contributed by atoms with E-state index in [2.05, 4.69) is 15.6 Å². The van der Waals surface area contributed by atoms with Crippen molar-refractivity contribution < 1.29 is 9.59 Å². The molecule has 0 spiro atoms. The summed E-state index contributed by atoms with van der Waals surface area (Å²) < 4.78 is 1.94. The molecule has 0 aliphatic heterocycles. The third kappa shape index (κ3) is 4.17. The number of hydrogen-bond acceptors (Lipinski definition) is 5. The first-order valence-electron chi connectivity index (χ1n) is 7.20. The highest BCUT2D eigenvalue weighted by Crippen LogP contribution is 2.11. The highest BCUT2D eigenvalue weighted by atomic mass is 32.1. The molecule has 0 atom stereocenters. The molecule has 0 radical (unpaired) electrons. The number of fused-ring (bicyclic) bond motifs is 1. The van der Waals surface area contributed by atoms with Gasteiger partial charge < -0.3 is 10.6 Å². The summed E-state index contributed by atoms with van der Waals surface area (Å²) in [5.41, 5.74) is 1.51. The first-order chi connectivity index (χ1) is 11.2. The second-order valence-electron chi connectivity index (χ2n) is 4.97. The number of nitrogens with one attached hydrogen (secondary N) is 2. The molecule has 0 aliphatic rings. The number of thiazole rings is 1. The molecule has 3 aromatic rings. The Morgan fingerprint density at radius 1 is 1.26 bits per heavy atom. The lowest BCUT2D eigenvalue weighted by Gasteiger charge is -2.05. The summed E-state index contributed by atoms with van der Waals surface area (Å²) in [5, 5.41) is 11.3. The van der Waals surface area contributed by atoms with Crippen LogP contribution in [0.1, 0.15) is 28.9 Å². The van der Waals surface area contributed by atoms with Crippen LogP contribution in [0.2, 0.25) is 0 Å². The highest BCUT2D eigenvalue weighted by molar-refractivity contribution is 7.15. The first-order valence-corrected chi connectivity index (χ1v) is 9.03. The predicted molar refractivity (Wildman–Crippen MR) is 90.8 cm³/mol. The fraction of sp³-hybridized carbons (Fsp3) is 0.267. The Balaban J connectivity index is 1.33. The lowest BCUT2D eigenvalue weighted by atomic mass is 10.2. The van der Waals surface area contributed by atoms with Gasteiger partial charge in [-0.3, -0.25) is 14.0 Å². The molecule has 120 valence electrons. The average molecular weight is 348 g/mol. The van der Waals surface area contributed by atoms with Crippen LogP contribution in [0.3, 0.4) is 0 Å². The third-order valence-electron chi connectivity index (χ3n) is 3.26. The van der Waals surface area contributed by atoms with Crippen molar-refractivity contribution in [1.82, 2.24) is 20.0 Å². The Morgan fingerprint density at radius 2 is 2.17 bits per heavy atom. The number of rotatable bonds is 7. The van der Waals surface area contributed by atoms with Crippen molar-refractivity contribution in [3.63, 3.8) is 0 Å². The van der Waals surface area contributed by atoms with E-state index in [0.717, 1.165) is 10.7 Å². The van der Waals surface area contributed by atoms with Crippen molar-refractivity contribution in [3.05, 3.63) is 45.9 Å². The van der Waals surface area contributed by atoms with Crippen LogP contribution in [0, 0.1) is 0 Å². The summed E-state index contributed by atoms with van der Waals surface area (Å²) in [5.74, 6) is -0.129. The maximum atomic E-state index is 11.8. The average Bonchev–Trinajstić information content (AvgIpc) is 3.25. The van der Waals surface area contributed by atoms with E-state index in [4.69, 9.17) is 0 Å². The number of amides is 2. The van der Waals surface area contributed by atoms with E-state index in [-0.39, 0.29) is 11.8 Å². The quantitative estimate of drug-likeness (QED) is 0.643. The Kier molecular flexibility index (Phi) is 5.04. The first kappa shape index (κ1) is 15.7. The summed E-state index contributed by atoms with van der Waals surface area (Å²) in [7, 11) is 0. The molecule has 2 N–H and O–H groups in total. The maximum absolute atomic E-state index is 11.8. The van der Waals surface area contributed by atoms with Gasteiger partial charge in [0.05, 0.1) is 12.2 Å². The van der Waals surface area contributed by atoms with Crippen molar-refractivity contribution in [1.29, 1.82) is 0 Å². The minimum absolute atomic E-state index is 0.0360. The standard InChI is InChI=1S/C15H16N4O2S2/c20-13(2-1-4-16-14(21)11-3-6-22-10-11)17-8-12-9-19-5-7-23-15(19)18-12/h3,5-7,9-10H,1-2,4,8H2,(H,16,21)(H,17,20). The Bertz CT molecular complexity index is 763. The molecule has 0 saturated heterocycles. The third-order valence-corrected chi connectivity index (χ3v) is 4.71. The van der Waals surface area contributed by atoms with Crippen LogP contribution in [0.25, 0.3) is 4.96 Å². The van der Waals surface area contributed by atoms with Gasteiger partial charge >= 0.3 is 0 Å². The van der Waals surface area contributed by atoms with Crippen LogP contribution in [-0.2, 0) is 11.3 Å². The molecule has 23 heavy (non-hydrogen) atoms. The van der Waals surface area contributed by atoms with Gasteiger partial charge in [0.2, 0.25) is 5.91 Å². The van der Waals surface area contributed by atoms with Crippen molar-refractivity contribution in [2.75, 3.05) is 6.54 Å². The second-order valence-corrected chi connectivity index (χ2v) is 6.63. The van der Waals surface area contributed by atoms with E-state index in [1.54, 1.807) is 22.8 Å². The SMILES string of the molecule is O=C(CCCNC(=O)c1ccsc1)NCc1cn2ccsc2n1. The van der Waals surface area contributed by atoms with Gasteiger partial charge in [0.1, 0.15) is 0 Å². The molecular formula is C15H16N4O2S2. The fourth-order valence-corrected chi connectivity index (χ4v) is 3.44. The van der Waals surface area contributed by atoms with Crippen LogP contribution in [0.5, 0.6) is 0 Å². The van der Waals surface area contributed by atoms with Crippen molar-refractivity contribution in [2.45, 2.75) is 19.4 Å². The normalized spacial score (nSPS) is 10.8. The molecule has 0 fully saturated rings. The molecule has 3 aromatic heterocycles. The van der Waals surface area contributed by atoms with E-state index in [1.165, 1.54) is 11.3 Å². The number of nitrogens with zero attached hydrogens (tertiary/aromatic N) is 2. The summed E-state index contributed by atoms with van der Waals surface area (Å²) in [6, 6.07) is 1.78. The van der Waals surface area contributed by atoms with E-state index in [1.807, 2.05) is 27.6 Å². The van der Waals surface area contributed by atoms with Gasteiger partial charge in [-0.1, -0.05) is 0 Å². The lowest BCUT2D eigenvalue weighted by molar-refractivity contribution is -0.121. The minimum Gasteiger partial charge on any atom is -0.352 e. The minimum atomic E-state index is -0.0928. The number of aromatic nitrogens is 2. The van der Waals surface area contributed by atoms with Gasteiger partial charge in [0, 0.05) is 41.7 Å². The number of thiophene rings is 1. The van der Waals surface area contributed by atoms with Gasteiger partial charge in [0.25, 0.3) is 5.91 Å². The molecule has 3 rings (SSSR count). The molecule has 8 heteroatoms. The zero-order valence-corrected chi connectivity index (χ0v) is 14.0. The molecule has 0 unspecified atom stereocenters. The van der Waals surface area contributed by atoms with E-state index in [9.17, 15) is 9.59 Å². The number of carbonyl (C=O) groups excluding carboxylic acids is 2. The van der Waals surface area contributed by atoms with Gasteiger partial charge in [0.15, 0.2) is 4.96 Å². The van der Waals surface area contributed by atoms with Crippen molar-refractivity contribution in [2.24, 2.45) is 0 Å². The maximum Gasteiger partial charge on any atom is 0.252 e. The Labute approximate surface area is 141 Å². The van der Waals surface area contributed by atoms with Crippen LogP contribution in [0.15, 0.2) is 34.6 Å². The van der Waals surface area contributed by atoms with Crippen LogP contribution in [-0.4, -0.2) is 27.7 Å². The highest BCUT2D eigenvalue weighted by Gasteiger charge is 2.07. The summed E-state index contributed by atoms with van der Waals surface area (Å²) >= 11 is 3.05. The summed E-state index contributed by atoms with van der Waals surface area (Å²) in [6.07, 6.45) is 4.84. The van der Waals surface area contributed by atoms with Crippen LogP contribution in [0.4, 0.5) is 0 Å². The summed E-state index contributed by atoms with van der Waals surface area (Å²) in [6.45, 7) is 0.913. The number of imidazole rings is 1. The van der Waals surface area contributed by atoms with Gasteiger partial charge in [-0.15, -0.1) is 11.3 Å². The molecule has 0 saturated carbocycles. The van der Waals surface area contributed by atoms with Crippen LogP contribution >= 0.6 is 22.7 Å². The topological polar surface area (TPSA) is 75.5 Å². The van der Waals surface area contributed by atoms with Crippen molar-refractivity contribution >= 4 is 39.4 Å². The molecule has 6 nitrogen and oxygen atoms in total. The molecule has 2 amide bonds. The number of hydrogen-bond donors (Lipinski definition) is 2. The molecule has 0 aliphatic carbocycles. The molecule has 3 heterocycles. The largest absolute Gasteiger partial charge is 0.352 e. The van der Waals surface area contributed by atoms with Crippen LogP contribution < -0.4 is 10.6 Å². The van der Waals surface area contributed by atoms with E-state index < -0.39 is 0 Å². The number of carbonyl (C=O) groups is 2. The Hall–Kier alpha value is -2.19. The fourth-order valence-electron chi connectivity index (χ4n) is 2.09. The van der Waals surface area contributed by atoms with Gasteiger partial charge in [-0.2, -0.15) is 11.3 Å². The van der Waals surface area contributed by atoms with E-state index >= 15 is 0 Å². The van der Waals surface area contributed by atoms with Gasteiger partial charge in [-0.25, -0.2) is 4.98 Å². The zero-order chi connectivity index (χ0) is 16.1. The monoisotopic (exact) mass is 348 g/mol.